The van der Waals surface area contributed by atoms with Crippen LogP contribution >= 0.6 is 0 Å². The molecule has 0 aliphatic carbocycles. The second-order valence-corrected chi connectivity index (χ2v) is 5.15. The van der Waals surface area contributed by atoms with Gasteiger partial charge in [-0.15, -0.1) is 0 Å². The minimum absolute atomic E-state index is 0.178. The Kier molecular flexibility index (Phi) is 7.00. The highest BCUT2D eigenvalue weighted by Crippen LogP contribution is 2.09. The second-order valence-electron chi connectivity index (χ2n) is 5.15. The second kappa shape index (κ2) is 8.52. The van der Waals surface area contributed by atoms with E-state index in [-0.39, 0.29) is 5.91 Å². The summed E-state index contributed by atoms with van der Waals surface area (Å²) in [5.74, 6) is -1.04. The van der Waals surface area contributed by atoms with Crippen molar-refractivity contribution in [2.45, 2.75) is 19.3 Å². The maximum atomic E-state index is 11.5. The maximum Gasteiger partial charge on any atom is 0.309 e. The van der Waals surface area contributed by atoms with Crippen LogP contribution < -0.4 is 10.6 Å². The summed E-state index contributed by atoms with van der Waals surface area (Å²) < 4.78 is 0. The zero-order valence-corrected chi connectivity index (χ0v) is 12.3. The smallest absolute Gasteiger partial charge is 0.309 e. The topological polar surface area (TPSA) is 81.8 Å². The van der Waals surface area contributed by atoms with Crippen molar-refractivity contribution in [1.82, 2.24) is 20.4 Å². The zero-order chi connectivity index (χ0) is 15.0. The van der Waals surface area contributed by atoms with Crippen LogP contribution in [0.1, 0.15) is 19.3 Å². The first-order valence-corrected chi connectivity index (χ1v) is 6.99. The number of rotatable bonds is 7. The summed E-state index contributed by atoms with van der Waals surface area (Å²) in [7, 11) is 3.79. The number of carbonyl (C=O) groups is 3. The van der Waals surface area contributed by atoms with Crippen molar-refractivity contribution in [3.8, 4) is 0 Å². The number of hydrogen-bond donors (Lipinski definition) is 2. The normalized spacial score (nSPS) is 14.8. The summed E-state index contributed by atoms with van der Waals surface area (Å²) in [5.41, 5.74) is 0. The minimum atomic E-state index is -0.614. The Bertz CT molecular complexity index is 358. The van der Waals surface area contributed by atoms with Crippen LogP contribution in [0, 0.1) is 0 Å². The van der Waals surface area contributed by atoms with E-state index in [0.717, 1.165) is 13.0 Å². The first-order chi connectivity index (χ1) is 9.50. The van der Waals surface area contributed by atoms with Crippen LogP contribution in [0.3, 0.4) is 0 Å². The molecule has 0 spiro atoms. The molecule has 7 nitrogen and oxygen atoms in total. The third kappa shape index (κ3) is 6.01. The van der Waals surface area contributed by atoms with Crippen molar-refractivity contribution in [2.75, 3.05) is 46.8 Å². The number of hydrogen-bond acceptors (Lipinski definition) is 4. The monoisotopic (exact) mass is 284 g/mol. The molecule has 1 heterocycles. The molecule has 1 aliphatic heterocycles. The molecule has 0 radical (unpaired) electrons. The highest BCUT2D eigenvalue weighted by Gasteiger charge is 2.19. The van der Waals surface area contributed by atoms with E-state index in [2.05, 4.69) is 10.6 Å². The van der Waals surface area contributed by atoms with Crippen LogP contribution in [0.5, 0.6) is 0 Å². The molecule has 0 atom stereocenters. The largest absolute Gasteiger partial charge is 0.348 e. The van der Waals surface area contributed by atoms with Gasteiger partial charge in [0.15, 0.2) is 0 Å². The zero-order valence-electron chi connectivity index (χ0n) is 12.3. The fourth-order valence-corrected chi connectivity index (χ4v) is 1.97. The third-order valence-electron chi connectivity index (χ3n) is 3.11. The Morgan fingerprint density at radius 3 is 2.40 bits per heavy atom. The van der Waals surface area contributed by atoms with Gasteiger partial charge in [-0.25, -0.2) is 0 Å². The molecule has 1 fully saturated rings. The molecule has 0 saturated carbocycles. The van der Waals surface area contributed by atoms with Crippen molar-refractivity contribution in [2.24, 2.45) is 0 Å². The van der Waals surface area contributed by atoms with Gasteiger partial charge in [0.25, 0.3) is 0 Å². The lowest BCUT2D eigenvalue weighted by Crippen LogP contribution is -2.42. The van der Waals surface area contributed by atoms with Gasteiger partial charge in [0, 0.05) is 39.1 Å². The van der Waals surface area contributed by atoms with Crippen molar-refractivity contribution in [3.63, 3.8) is 0 Å². The van der Waals surface area contributed by atoms with E-state index in [4.69, 9.17) is 0 Å². The van der Waals surface area contributed by atoms with E-state index >= 15 is 0 Å². The van der Waals surface area contributed by atoms with Crippen LogP contribution in [0.15, 0.2) is 0 Å². The fourth-order valence-electron chi connectivity index (χ4n) is 1.97. The molecule has 0 aromatic heterocycles. The van der Waals surface area contributed by atoms with Gasteiger partial charge in [0.2, 0.25) is 5.91 Å². The lowest BCUT2D eigenvalue weighted by molar-refractivity contribution is -0.139. The van der Waals surface area contributed by atoms with Crippen molar-refractivity contribution in [1.29, 1.82) is 0 Å². The van der Waals surface area contributed by atoms with E-state index in [1.807, 2.05) is 19.0 Å². The van der Waals surface area contributed by atoms with Gasteiger partial charge in [-0.2, -0.15) is 0 Å². The Morgan fingerprint density at radius 1 is 1.20 bits per heavy atom. The molecule has 0 unspecified atom stereocenters. The Balaban J connectivity index is 2.07. The van der Waals surface area contributed by atoms with E-state index in [0.29, 0.717) is 39.0 Å². The molecule has 2 N–H and O–H groups in total. The first-order valence-electron chi connectivity index (χ1n) is 6.99. The molecule has 0 aromatic carbocycles. The van der Waals surface area contributed by atoms with Crippen LogP contribution in [0.4, 0.5) is 0 Å². The van der Waals surface area contributed by atoms with Crippen LogP contribution in [-0.4, -0.2) is 74.3 Å². The van der Waals surface area contributed by atoms with Crippen LogP contribution in [-0.2, 0) is 14.4 Å². The van der Waals surface area contributed by atoms with Crippen LogP contribution in [0.2, 0.25) is 0 Å². The molecule has 7 heteroatoms. The van der Waals surface area contributed by atoms with Gasteiger partial charge in [0.1, 0.15) is 0 Å². The summed E-state index contributed by atoms with van der Waals surface area (Å²) >= 11 is 0. The molecule has 0 aromatic rings. The Labute approximate surface area is 119 Å². The lowest BCUT2D eigenvalue weighted by Gasteiger charge is -2.15. The number of likely N-dealkylation sites (N-methyl/N-ethyl adjacent to an activating group) is 1. The number of nitrogens with zero attached hydrogens (tertiary/aromatic N) is 2. The molecule has 0 bridgehead atoms. The highest BCUT2D eigenvalue weighted by molar-refractivity contribution is 6.35. The molecule has 1 saturated heterocycles. The van der Waals surface area contributed by atoms with E-state index in [1.165, 1.54) is 0 Å². The predicted molar refractivity (Wildman–Crippen MR) is 75.0 cm³/mol. The van der Waals surface area contributed by atoms with E-state index < -0.39 is 11.8 Å². The molecule has 114 valence electrons. The van der Waals surface area contributed by atoms with Gasteiger partial charge >= 0.3 is 11.8 Å². The molecule has 1 rings (SSSR count). The van der Waals surface area contributed by atoms with Crippen molar-refractivity contribution in [3.05, 3.63) is 0 Å². The lowest BCUT2D eigenvalue weighted by atomic mass is 10.3. The molecule has 3 amide bonds. The van der Waals surface area contributed by atoms with E-state index in [9.17, 15) is 14.4 Å². The van der Waals surface area contributed by atoms with Gasteiger partial charge in [-0.05, 0) is 26.9 Å². The minimum Gasteiger partial charge on any atom is -0.348 e. The number of likely N-dealkylation sites (tertiary alicyclic amines) is 1. The number of amides is 3. The molecule has 1 aliphatic rings. The fraction of sp³-hybridized carbons (Fsp3) is 0.769. The van der Waals surface area contributed by atoms with E-state index in [1.54, 1.807) is 4.90 Å². The SMILES string of the molecule is CN(C)CCNC(=O)C(=O)NCCCN1CCCC1=O. The number of carbonyl (C=O) groups excluding carboxylic acids is 3. The molecular formula is C13H24N4O3. The number of nitrogens with one attached hydrogen (secondary N) is 2. The molecular weight excluding hydrogens is 260 g/mol. The van der Waals surface area contributed by atoms with Gasteiger partial charge < -0.3 is 20.4 Å². The summed E-state index contributed by atoms with van der Waals surface area (Å²) in [6, 6.07) is 0. The Morgan fingerprint density at radius 2 is 1.85 bits per heavy atom. The van der Waals surface area contributed by atoms with Crippen molar-refractivity contribution >= 4 is 17.7 Å². The maximum absolute atomic E-state index is 11.5. The average molecular weight is 284 g/mol. The average Bonchev–Trinajstić information content (AvgIpc) is 2.79. The standard InChI is InChI=1S/C13H24N4O3/c1-16(2)10-7-15-13(20)12(19)14-6-4-9-17-8-3-5-11(17)18/h3-10H2,1-2H3,(H,14,19)(H,15,20). The summed E-state index contributed by atoms with van der Waals surface area (Å²) in [5, 5.41) is 5.10. The third-order valence-corrected chi connectivity index (χ3v) is 3.11. The predicted octanol–water partition coefficient (Wildman–Crippen LogP) is -1.21. The molecule has 20 heavy (non-hydrogen) atoms. The quantitative estimate of drug-likeness (QED) is 0.454. The Hall–Kier alpha value is -1.63. The van der Waals surface area contributed by atoms with Gasteiger partial charge in [0.05, 0.1) is 0 Å². The summed E-state index contributed by atoms with van der Waals surface area (Å²) in [6.07, 6.45) is 2.21. The van der Waals surface area contributed by atoms with Crippen molar-refractivity contribution < 1.29 is 14.4 Å². The summed E-state index contributed by atoms with van der Waals surface area (Å²) in [6.45, 7) is 2.99. The van der Waals surface area contributed by atoms with Crippen LogP contribution in [0.25, 0.3) is 0 Å². The van der Waals surface area contributed by atoms with Gasteiger partial charge in [-0.3, -0.25) is 14.4 Å². The first kappa shape index (κ1) is 16.4. The summed E-state index contributed by atoms with van der Waals surface area (Å²) in [4.78, 5) is 38.0. The highest BCUT2D eigenvalue weighted by atomic mass is 16.2. The van der Waals surface area contributed by atoms with Gasteiger partial charge in [-0.1, -0.05) is 0 Å².